The molecule has 0 bridgehead atoms. The van der Waals surface area contributed by atoms with E-state index in [1.807, 2.05) is 24.0 Å². The first-order valence-electron chi connectivity index (χ1n) is 12.4. The fraction of sp³-hybridized carbons (Fsp3) is 0.667. The van der Waals surface area contributed by atoms with Gasteiger partial charge in [-0.25, -0.2) is 13.2 Å². The van der Waals surface area contributed by atoms with Crippen molar-refractivity contribution in [1.29, 1.82) is 0 Å². The second kappa shape index (κ2) is 14.1. The van der Waals surface area contributed by atoms with Crippen LogP contribution >= 0.6 is 0 Å². The molecule has 2 heterocycles. The van der Waals surface area contributed by atoms with Gasteiger partial charge in [-0.1, -0.05) is 24.1 Å². The summed E-state index contributed by atoms with van der Waals surface area (Å²) in [4.78, 5) is 26.0. The number of carbonyl (C=O) groups is 2. The van der Waals surface area contributed by atoms with Crippen molar-refractivity contribution in [2.24, 2.45) is 0 Å². The summed E-state index contributed by atoms with van der Waals surface area (Å²) in [6, 6.07) is 7.46. The summed E-state index contributed by atoms with van der Waals surface area (Å²) in [5.74, 6) is -2.72. The van der Waals surface area contributed by atoms with E-state index in [9.17, 15) is 26.4 Å². The molecule has 2 fully saturated rings. The Bertz CT molecular complexity index is 983. The van der Waals surface area contributed by atoms with Gasteiger partial charge in [0.2, 0.25) is 15.9 Å². The van der Waals surface area contributed by atoms with E-state index in [4.69, 9.17) is 9.90 Å². The Kier molecular flexibility index (Phi) is 11.8. The zero-order valence-electron chi connectivity index (χ0n) is 21.3. The molecule has 2 N–H and O–H groups in total. The summed E-state index contributed by atoms with van der Waals surface area (Å²) < 4.78 is 60.0. The lowest BCUT2D eigenvalue weighted by Crippen LogP contribution is -2.48. The second-order valence-electron chi connectivity index (χ2n) is 9.28. The van der Waals surface area contributed by atoms with Crippen molar-refractivity contribution in [2.45, 2.75) is 56.6 Å². The number of alkyl halides is 3. The van der Waals surface area contributed by atoms with Crippen molar-refractivity contribution < 1.29 is 36.3 Å². The Morgan fingerprint density at radius 2 is 1.68 bits per heavy atom. The zero-order valence-corrected chi connectivity index (χ0v) is 22.2. The number of carboxylic acids is 1. The van der Waals surface area contributed by atoms with Crippen LogP contribution in [0.5, 0.6) is 0 Å². The minimum absolute atomic E-state index is 0.0342. The number of likely N-dealkylation sites (tertiary alicyclic amines) is 1. The highest BCUT2D eigenvalue weighted by Gasteiger charge is 2.38. The number of nitrogens with zero attached hydrogens (tertiary/aromatic N) is 3. The lowest BCUT2D eigenvalue weighted by Gasteiger charge is -2.35. The van der Waals surface area contributed by atoms with Gasteiger partial charge in [0.05, 0.1) is 4.90 Å². The van der Waals surface area contributed by atoms with E-state index < -0.39 is 22.2 Å². The van der Waals surface area contributed by atoms with Crippen molar-refractivity contribution in [3.05, 3.63) is 29.8 Å². The molecule has 13 heteroatoms. The van der Waals surface area contributed by atoms with Crippen molar-refractivity contribution >= 4 is 21.9 Å². The standard InChI is InChI=1S/C22H36N4O3S.C2HF3O2/c1-19-6-8-21(9-7-19)30(28,29)26(18-17-24-13-4-3-5-20(24)2)14-10-22(27)25-15-11-23-12-16-25;3-2(4,5)1(6)7/h6-9,20,23H,3-5,10-18H2,1-2H3;(H,6,7). The molecule has 1 aromatic rings. The van der Waals surface area contributed by atoms with Crippen LogP contribution in [-0.2, 0) is 19.6 Å². The number of hydrogen-bond donors (Lipinski definition) is 2. The van der Waals surface area contributed by atoms with E-state index in [1.165, 1.54) is 10.7 Å². The number of amides is 1. The van der Waals surface area contributed by atoms with Gasteiger partial charge < -0.3 is 15.3 Å². The monoisotopic (exact) mass is 550 g/mol. The van der Waals surface area contributed by atoms with Gasteiger partial charge in [0, 0.05) is 58.3 Å². The van der Waals surface area contributed by atoms with Gasteiger partial charge in [-0.15, -0.1) is 0 Å². The lowest BCUT2D eigenvalue weighted by atomic mass is 10.0. The van der Waals surface area contributed by atoms with Gasteiger partial charge in [-0.2, -0.15) is 17.5 Å². The minimum atomic E-state index is -5.08. The van der Waals surface area contributed by atoms with Crippen LogP contribution in [0.3, 0.4) is 0 Å². The van der Waals surface area contributed by atoms with Gasteiger partial charge >= 0.3 is 12.1 Å². The quantitative estimate of drug-likeness (QED) is 0.511. The number of halogens is 3. The predicted octanol–water partition coefficient (Wildman–Crippen LogP) is 2.32. The minimum Gasteiger partial charge on any atom is -0.475 e. The van der Waals surface area contributed by atoms with Gasteiger partial charge in [-0.05, 0) is 45.4 Å². The Hall–Kier alpha value is -2.22. The van der Waals surface area contributed by atoms with E-state index >= 15 is 0 Å². The number of aryl methyl sites for hydroxylation is 1. The number of piperazine rings is 1. The highest BCUT2D eigenvalue weighted by molar-refractivity contribution is 7.89. The summed E-state index contributed by atoms with van der Waals surface area (Å²) in [7, 11) is -3.64. The average molecular weight is 551 g/mol. The van der Waals surface area contributed by atoms with E-state index in [0.29, 0.717) is 37.1 Å². The number of sulfonamides is 1. The van der Waals surface area contributed by atoms with Crippen LogP contribution in [0.25, 0.3) is 0 Å². The predicted molar refractivity (Wildman–Crippen MR) is 133 cm³/mol. The maximum Gasteiger partial charge on any atom is 0.490 e. The normalized spacial score (nSPS) is 19.3. The van der Waals surface area contributed by atoms with E-state index in [2.05, 4.69) is 17.1 Å². The number of carbonyl (C=O) groups excluding carboxylic acids is 1. The van der Waals surface area contributed by atoms with Crippen LogP contribution in [0, 0.1) is 6.92 Å². The number of nitrogens with one attached hydrogen (secondary N) is 1. The van der Waals surface area contributed by atoms with Crippen LogP contribution in [0.15, 0.2) is 29.2 Å². The number of benzene rings is 1. The van der Waals surface area contributed by atoms with Crippen LogP contribution in [0.4, 0.5) is 13.2 Å². The molecule has 0 aromatic heterocycles. The summed E-state index contributed by atoms with van der Waals surface area (Å²) in [5.41, 5.74) is 1.02. The van der Waals surface area contributed by atoms with Crippen LogP contribution in [0.1, 0.15) is 38.2 Å². The molecule has 0 spiro atoms. The molecule has 1 unspecified atom stereocenters. The van der Waals surface area contributed by atoms with Gasteiger partial charge in [0.1, 0.15) is 0 Å². The Balaban J connectivity index is 0.000000604. The molecule has 1 aromatic carbocycles. The topological polar surface area (TPSA) is 110 Å². The molecule has 210 valence electrons. The third-order valence-corrected chi connectivity index (χ3v) is 8.44. The molecule has 1 amide bonds. The van der Waals surface area contributed by atoms with Gasteiger partial charge in [0.15, 0.2) is 0 Å². The maximum atomic E-state index is 13.4. The summed E-state index contributed by atoms with van der Waals surface area (Å²) in [6.07, 6.45) is -1.30. The Morgan fingerprint density at radius 1 is 1.08 bits per heavy atom. The molecular formula is C24H37F3N4O5S. The molecule has 0 aliphatic carbocycles. The number of hydrogen-bond acceptors (Lipinski definition) is 6. The zero-order chi connectivity index (χ0) is 27.6. The smallest absolute Gasteiger partial charge is 0.475 e. The molecule has 2 saturated heterocycles. The Morgan fingerprint density at radius 3 is 2.22 bits per heavy atom. The van der Waals surface area contributed by atoms with Crippen molar-refractivity contribution in [1.82, 2.24) is 19.4 Å². The molecule has 2 aliphatic rings. The number of piperidine rings is 1. The van der Waals surface area contributed by atoms with Gasteiger partial charge in [-0.3, -0.25) is 9.69 Å². The fourth-order valence-corrected chi connectivity index (χ4v) is 5.67. The van der Waals surface area contributed by atoms with Crippen molar-refractivity contribution in [3.8, 4) is 0 Å². The van der Waals surface area contributed by atoms with E-state index in [-0.39, 0.29) is 18.9 Å². The highest BCUT2D eigenvalue weighted by atomic mass is 32.2. The second-order valence-corrected chi connectivity index (χ2v) is 11.2. The molecule has 9 nitrogen and oxygen atoms in total. The third-order valence-electron chi connectivity index (χ3n) is 6.52. The van der Waals surface area contributed by atoms with Crippen molar-refractivity contribution in [3.63, 3.8) is 0 Å². The first-order valence-corrected chi connectivity index (χ1v) is 13.9. The number of rotatable bonds is 8. The van der Waals surface area contributed by atoms with E-state index in [0.717, 1.165) is 38.0 Å². The van der Waals surface area contributed by atoms with Crippen LogP contribution in [0.2, 0.25) is 0 Å². The summed E-state index contributed by atoms with van der Waals surface area (Å²) >= 11 is 0. The summed E-state index contributed by atoms with van der Waals surface area (Å²) in [5, 5.41) is 10.4. The SMILES string of the molecule is Cc1ccc(S(=O)(=O)N(CCC(=O)N2CCNCC2)CCN2CCCCC2C)cc1.O=C(O)C(F)(F)F. The number of carboxylic acid groups (broad SMARTS) is 1. The molecular weight excluding hydrogens is 513 g/mol. The molecule has 3 rings (SSSR count). The Labute approximate surface area is 216 Å². The average Bonchev–Trinajstić information content (AvgIpc) is 2.85. The van der Waals surface area contributed by atoms with Crippen molar-refractivity contribution in [2.75, 3.05) is 52.4 Å². The molecule has 0 saturated carbocycles. The molecule has 1 atom stereocenters. The molecule has 2 aliphatic heterocycles. The first-order chi connectivity index (χ1) is 17.3. The van der Waals surface area contributed by atoms with Crippen LogP contribution < -0.4 is 5.32 Å². The first kappa shape index (κ1) is 31.0. The van der Waals surface area contributed by atoms with E-state index in [1.54, 1.807) is 12.1 Å². The fourth-order valence-electron chi connectivity index (χ4n) is 4.23. The molecule has 0 radical (unpaired) electrons. The van der Waals surface area contributed by atoms with Gasteiger partial charge in [0.25, 0.3) is 0 Å². The third kappa shape index (κ3) is 9.87. The molecule has 37 heavy (non-hydrogen) atoms. The largest absolute Gasteiger partial charge is 0.490 e. The summed E-state index contributed by atoms with van der Waals surface area (Å²) in [6.45, 7) is 9.48. The van der Waals surface area contributed by atoms with Crippen LogP contribution in [-0.4, -0.2) is 104 Å². The number of aliphatic carboxylic acids is 1. The lowest BCUT2D eigenvalue weighted by molar-refractivity contribution is -0.192. The maximum absolute atomic E-state index is 13.4. The highest BCUT2D eigenvalue weighted by Crippen LogP contribution is 2.20.